The Morgan fingerprint density at radius 3 is 2.69 bits per heavy atom. The maximum Gasteiger partial charge on any atom is 0.0936 e. The molecule has 2 nitrogen and oxygen atoms in total. The highest BCUT2D eigenvalue weighted by molar-refractivity contribution is 7.11. The van der Waals surface area contributed by atoms with E-state index >= 15 is 0 Å². The molecule has 90 valence electrons. The molecule has 1 heterocycles. The Kier molecular flexibility index (Phi) is 3.36. The van der Waals surface area contributed by atoms with Gasteiger partial charge in [0.15, 0.2) is 0 Å². The van der Waals surface area contributed by atoms with E-state index in [1.165, 1.54) is 34.8 Å². The topological polar surface area (TPSA) is 38.9 Å². The van der Waals surface area contributed by atoms with Gasteiger partial charge in [-0.1, -0.05) is 13.3 Å². The number of nitrogens with two attached hydrogens (primary N) is 1. The summed E-state index contributed by atoms with van der Waals surface area (Å²) in [5.74, 6) is 0.839. The summed E-state index contributed by atoms with van der Waals surface area (Å²) < 4.78 is 0. The lowest BCUT2D eigenvalue weighted by molar-refractivity contribution is 0.295. The fraction of sp³-hybridized carbons (Fsp3) is 0.769. The van der Waals surface area contributed by atoms with Crippen LogP contribution < -0.4 is 5.73 Å². The van der Waals surface area contributed by atoms with E-state index in [1.54, 1.807) is 0 Å². The summed E-state index contributed by atoms with van der Waals surface area (Å²) in [5.41, 5.74) is 7.54. The highest BCUT2D eigenvalue weighted by Crippen LogP contribution is 2.43. The van der Waals surface area contributed by atoms with Crippen LogP contribution in [0.2, 0.25) is 0 Å². The first kappa shape index (κ1) is 12.1. The average molecular weight is 238 g/mol. The highest BCUT2D eigenvalue weighted by atomic mass is 32.1. The number of aromatic nitrogens is 1. The fourth-order valence-corrected chi connectivity index (χ4v) is 3.96. The molecule has 0 amide bonds. The van der Waals surface area contributed by atoms with Gasteiger partial charge in [0, 0.05) is 11.3 Å². The zero-order valence-electron chi connectivity index (χ0n) is 10.5. The first-order valence-corrected chi connectivity index (χ1v) is 6.99. The van der Waals surface area contributed by atoms with Crippen molar-refractivity contribution >= 4 is 11.3 Å². The molecule has 2 atom stereocenters. The van der Waals surface area contributed by atoms with Crippen LogP contribution in [0.3, 0.4) is 0 Å². The Morgan fingerprint density at radius 1 is 1.50 bits per heavy atom. The predicted octanol–water partition coefficient (Wildman–Crippen LogP) is 3.07. The average Bonchev–Trinajstić information content (AvgIpc) is 2.73. The van der Waals surface area contributed by atoms with Crippen molar-refractivity contribution < 1.29 is 0 Å². The molecule has 0 saturated heterocycles. The minimum atomic E-state index is 0.343. The van der Waals surface area contributed by atoms with Gasteiger partial charge in [-0.15, -0.1) is 11.3 Å². The lowest BCUT2D eigenvalue weighted by Crippen LogP contribution is -2.30. The van der Waals surface area contributed by atoms with Crippen molar-refractivity contribution in [3.05, 3.63) is 15.6 Å². The molecule has 2 unspecified atom stereocenters. The van der Waals surface area contributed by atoms with Crippen molar-refractivity contribution in [1.82, 2.24) is 4.98 Å². The normalized spacial score (nSPS) is 29.9. The summed E-state index contributed by atoms with van der Waals surface area (Å²) in [5, 5.41) is 1.29. The van der Waals surface area contributed by atoms with Gasteiger partial charge >= 0.3 is 0 Å². The number of thiazole rings is 1. The molecular formula is C13H22N2S. The van der Waals surface area contributed by atoms with Gasteiger partial charge < -0.3 is 5.73 Å². The molecular weight excluding hydrogens is 216 g/mol. The zero-order valence-corrected chi connectivity index (χ0v) is 11.4. The maximum atomic E-state index is 6.00. The second-order valence-electron chi connectivity index (χ2n) is 5.48. The molecule has 0 radical (unpaired) electrons. The minimum Gasteiger partial charge on any atom is -0.330 e. The van der Waals surface area contributed by atoms with Crippen LogP contribution in [-0.4, -0.2) is 11.5 Å². The second-order valence-corrected chi connectivity index (χ2v) is 6.77. The van der Waals surface area contributed by atoms with Gasteiger partial charge in [0.1, 0.15) is 0 Å². The van der Waals surface area contributed by atoms with Crippen LogP contribution in [0.4, 0.5) is 0 Å². The van der Waals surface area contributed by atoms with Crippen molar-refractivity contribution in [3.63, 3.8) is 0 Å². The van der Waals surface area contributed by atoms with Crippen molar-refractivity contribution in [3.8, 4) is 0 Å². The number of aryl methyl sites for hydroxylation is 2. The summed E-state index contributed by atoms with van der Waals surface area (Å²) in [6.45, 7) is 7.41. The van der Waals surface area contributed by atoms with Gasteiger partial charge in [-0.3, -0.25) is 0 Å². The molecule has 2 rings (SSSR count). The highest BCUT2D eigenvalue weighted by Gasteiger charge is 2.37. The van der Waals surface area contributed by atoms with Crippen LogP contribution in [-0.2, 0) is 6.42 Å². The van der Waals surface area contributed by atoms with Gasteiger partial charge in [-0.05, 0) is 44.6 Å². The first-order chi connectivity index (χ1) is 7.54. The molecule has 2 N–H and O–H groups in total. The van der Waals surface area contributed by atoms with Crippen molar-refractivity contribution in [2.75, 3.05) is 6.54 Å². The quantitative estimate of drug-likeness (QED) is 0.879. The van der Waals surface area contributed by atoms with Gasteiger partial charge in [0.05, 0.1) is 10.7 Å². The molecule has 0 spiro atoms. The molecule has 1 aliphatic carbocycles. The van der Waals surface area contributed by atoms with E-state index < -0.39 is 0 Å². The van der Waals surface area contributed by atoms with Gasteiger partial charge in [0.2, 0.25) is 0 Å². The number of nitrogens with zero attached hydrogens (tertiary/aromatic N) is 1. The molecule has 0 aliphatic heterocycles. The summed E-state index contributed by atoms with van der Waals surface area (Å²) in [4.78, 5) is 6.01. The van der Waals surface area contributed by atoms with Crippen LogP contribution in [0.5, 0.6) is 0 Å². The van der Waals surface area contributed by atoms with Crippen LogP contribution in [0.15, 0.2) is 0 Å². The largest absolute Gasteiger partial charge is 0.330 e. The first-order valence-electron chi connectivity index (χ1n) is 6.18. The van der Waals surface area contributed by atoms with Gasteiger partial charge in [-0.25, -0.2) is 4.98 Å². The van der Waals surface area contributed by atoms with E-state index in [1.807, 2.05) is 11.3 Å². The Hall–Kier alpha value is -0.410. The van der Waals surface area contributed by atoms with Crippen molar-refractivity contribution in [2.24, 2.45) is 17.1 Å². The van der Waals surface area contributed by atoms with E-state index in [4.69, 9.17) is 5.73 Å². The minimum absolute atomic E-state index is 0.343. The van der Waals surface area contributed by atoms with E-state index in [0.29, 0.717) is 5.41 Å². The van der Waals surface area contributed by atoms with Gasteiger partial charge in [-0.2, -0.15) is 0 Å². The molecule has 1 saturated carbocycles. The third-order valence-electron chi connectivity index (χ3n) is 3.98. The fourth-order valence-electron chi connectivity index (χ4n) is 2.85. The SMILES string of the molecule is Cc1nc(CC2(CN)CCC(C)C2)sc1C. The monoisotopic (exact) mass is 238 g/mol. The van der Waals surface area contributed by atoms with Crippen LogP contribution in [0, 0.1) is 25.2 Å². The van der Waals surface area contributed by atoms with Crippen LogP contribution in [0.25, 0.3) is 0 Å². The smallest absolute Gasteiger partial charge is 0.0936 e. The molecule has 1 aliphatic rings. The van der Waals surface area contributed by atoms with E-state index in [-0.39, 0.29) is 0 Å². The van der Waals surface area contributed by atoms with Crippen molar-refractivity contribution in [2.45, 2.75) is 46.5 Å². The maximum absolute atomic E-state index is 6.00. The molecule has 1 aromatic rings. The standard InChI is InChI=1S/C13H22N2S/c1-9-4-5-13(6-9,8-14)7-12-15-10(2)11(3)16-12/h9H,4-8,14H2,1-3H3. The Labute approximate surface area is 102 Å². The molecule has 1 aromatic heterocycles. The van der Waals surface area contributed by atoms with E-state index in [2.05, 4.69) is 25.8 Å². The summed E-state index contributed by atoms with van der Waals surface area (Å²) in [6.07, 6.45) is 4.98. The number of rotatable bonds is 3. The van der Waals surface area contributed by atoms with Gasteiger partial charge in [0.25, 0.3) is 0 Å². The summed E-state index contributed by atoms with van der Waals surface area (Å²) in [7, 11) is 0. The lowest BCUT2D eigenvalue weighted by atomic mass is 9.82. The molecule has 3 heteroatoms. The van der Waals surface area contributed by atoms with E-state index in [0.717, 1.165) is 18.9 Å². The predicted molar refractivity (Wildman–Crippen MR) is 69.8 cm³/mol. The number of hydrogen-bond donors (Lipinski definition) is 1. The molecule has 0 aromatic carbocycles. The molecule has 1 fully saturated rings. The Morgan fingerprint density at radius 2 is 2.25 bits per heavy atom. The van der Waals surface area contributed by atoms with Crippen molar-refractivity contribution in [1.29, 1.82) is 0 Å². The number of hydrogen-bond acceptors (Lipinski definition) is 3. The Bertz CT molecular complexity index is 353. The van der Waals surface area contributed by atoms with Crippen LogP contribution >= 0.6 is 11.3 Å². The summed E-state index contributed by atoms with van der Waals surface area (Å²) >= 11 is 1.85. The lowest BCUT2D eigenvalue weighted by Gasteiger charge is -2.26. The zero-order chi connectivity index (χ0) is 11.8. The summed E-state index contributed by atoms with van der Waals surface area (Å²) in [6, 6.07) is 0. The third-order valence-corrected chi connectivity index (χ3v) is 5.05. The molecule has 0 bridgehead atoms. The molecule has 16 heavy (non-hydrogen) atoms. The second kappa shape index (κ2) is 4.46. The van der Waals surface area contributed by atoms with E-state index in [9.17, 15) is 0 Å². The van der Waals surface area contributed by atoms with Crippen LogP contribution in [0.1, 0.15) is 41.8 Å². The Balaban J connectivity index is 2.13. The third kappa shape index (κ3) is 2.30.